The largest absolute Gasteiger partial charge is 0.502 e. The second kappa shape index (κ2) is 6.64. The Morgan fingerprint density at radius 2 is 2.00 bits per heavy atom. The fraction of sp³-hybridized carbons (Fsp3) is 0.412. The number of carbonyl (C=O) groups excluding carboxylic acids is 1. The maximum Gasteiger partial charge on any atom is 0.306 e. The molecule has 1 unspecified atom stereocenters. The van der Waals surface area contributed by atoms with Crippen LogP contribution in [-0.4, -0.2) is 18.2 Å². The highest BCUT2D eigenvalue weighted by molar-refractivity contribution is 5.78. The number of carbonyl (C=O) groups is 1. The minimum absolute atomic E-state index is 0.0590. The number of hydrogen-bond donors (Lipinski definition) is 1. The molecule has 1 aromatic carbocycles. The lowest BCUT2D eigenvalue weighted by molar-refractivity contribution is -0.141. The molecule has 5 heteroatoms. The molecular formula is C17H20O5. The topological polar surface area (TPSA) is 76.7 Å². The second-order valence-corrected chi connectivity index (χ2v) is 5.75. The first-order valence-corrected chi connectivity index (χ1v) is 7.25. The summed E-state index contributed by atoms with van der Waals surface area (Å²) in [6.07, 6.45) is 0.660. The Kier molecular flexibility index (Phi) is 4.85. The van der Waals surface area contributed by atoms with Gasteiger partial charge in [0.15, 0.2) is 5.76 Å². The van der Waals surface area contributed by atoms with Crippen molar-refractivity contribution in [3.8, 4) is 5.75 Å². The molecule has 0 saturated heterocycles. The molecule has 1 heterocycles. The third-order valence-electron chi connectivity index (χ3n) is 3.57. The van der Waals surface area contributed by atoms with Crippen LogP contribution < -0.4 is 5.43 Å². The van der Waals surface area contributed by atoms with Gasteiger partial charge in [-0.2, -0.15) is 0 Å². The quantitative estimate of drug-likeness (QED) is 0.858. The van der Waals surface area contributed by atoms with Crippen LogP contribution in [0.1, 0.15) is 38.4 Å². The van der Waals surface area contributed by atoms with Crippen LogP contribution in [0, 0.1) is 5.92 Å². The van der Waals surface area contributed by atoms with Crippen LogP contribution in [0.3, 0.4) is 0 Å². The molecule has 0 bridgehead atoms. The molecule has 22 heavy (non-hydrogen) atoms. The molecule has 0 saturated carbocycles. The number of methoxy groups -OCH3 is 1. The molecule has 118 valence electrons. The summed E-state index contributed by atoms with van der Waals surface area (Å²) in [6.45, 7) is 4.00. The SMILES string of the molecule is COC(=O)CC(CC(C)C)c1oc2ccccc2c(=O)c1O. The van der Waals surface area contributed by atoms with Gasteiger partial charge in [-0.15, -0.1) is 0 Å². The van der Waals surface area contributed by atoms with Gasteiger partial charge < -0.3 is 14.3 Å². The zero-order valence-electron chi connectivity index (χ0n) is 13.0. The van der Waals surface area contributed by atoms with Crippen molar-refractivity contribution in [2.45, 2.75) is 32.6 Å². The minimum atomic E-state index is -0.476. The molecule has 1 N–H and O–H groups in total. The lowest BCUT2D eigenvalue weighted by atomic mass is 9.91. The predicted octanol–water partition coefficient (Wildman–Crippen LogP) is 3.19. The summed E-state index contributed by atoms with van der Waals surface area (Å²) >= 11 is 0. The van der Waals surface area contributed by atoms with Gasteiger partial charge in [0, 0.05) is 5.92 Å². The van der Waals surface area contributed by atoms with Crippen LogP contribution >= 0.6 is 0 Å². The molecule has 0 radical (unpaired) electrons. The van der Waals surface area contributed by atoms with Crippen molar-refractivity contribution in [3.05, 3.63) is 40.2 Å². The average molecular weight is 304 g/mol. The highest BCUT2D eigenvalue weighted by atomic mass is 16.5. The number of benzene rings is 1. The van der Waals surface area contributed by atoms with Gasteiger partial charge >= 0.3 is 5.97 Å². The zero-order chi connectivity index (χ0) is 16.3. The average Bonchev–Trinajstić information content (AvgIpc) is 2.49. The molecule has 0 spiro atoms. The van der Waals surface area contributed by atoms with E-state index in [2.05, 4.69) is 0 Å². The monoisotopic (exact) mass is 304 g/mol. The Bertz CT molecular complexity index is 729. The third kappa shape index (κ3) is 3.30. The summed E-state index contributed by atoms with van der Waals surface area (Å²) in [5.41, 5.74) is -0.0746. The molecule has 2 aromatic rings. The zero-order valence-corrected chi connectivity index (χ0v) is 13.0. The van der Waals surface area contributed by atoms with Crippen molar-refractivity contribution in [2.75, 3.05) is 7.11 Å². The molecule has 5 nitrogen and oxygen atoms in total. The van der Waals surface area contributed by atoms with Gasteiger partial charge in [0.25, 0.3) is 0 Å². The van der Waals surface area contributed by atoms with Crippen molar-refractivity contribution in [2.24, 2.45) is 5.92 Å². The lowest BCUT2D eigenvalue weighted by Gasteiger charge is -2.18. The van der Waals surface area contributed by atoms with Gasteiger partial charge in [-0.05, 0) is 24.5 Å². The summed E-state index contributed by atoms with van der Waals surface area (Å²) in [5.74, 6) is -0.799. The molecule has 0 fully saturated rings. The van der Waals surface area contributed by atoms with Gasteiger partial charge in [-0.25, -0.2) is 0 Å². The third-order valence-corrected chi connectivity index (χ3v) is 3.57. The Morgan fingerprint density at radius 3 is 2.64 bits per heavy atom. The summed E-state index contributed by atoms with van der Waals surface area (Å²) in [6, 6.07) is 6.73. The van der Waals surface area contributed by atoms with E-state index < -0.39 is 23.1 Å². The van der Waals surface area contributed by atoms with Crippen molar-refractivity contribution < 1.29 is 19.1 Å². The Morgan fingerprint density at radius 1 is 1.32 bits per heavy atom. The first-order chi connectivity index (χ1) is 10.4. The van der Waals surface area contributed by atoms with E-state index >= 15 is 0 Å². The van der Waals surface area contributed by atoms with Crippen LogP contribution in [0.2, 0.25) is 0 Å². The van der Waals surface area contributed by atoms with E-state index in [4.69, 9.17) is 9.15 Å². The number of hydrogen-bond acceptors (Lipinski definition) is 5. The maximum absolute atomic E-state index is 12.3. The molecule has 0 aliphatic heterocycles. The number of aromatic hydroxyl groups is 1. The lowest BCUT2D eigenvalue weighted by Crippen LogP contribution is -2.14. The van der Waals surface area contributed by atoms with Crippen molar-refractivity contribution in [3.63, 3.8) is 0 Å². The van der Waals surface area contributed by atoms with Crippen molar-refractivity contribution in [1.82, 2.24) is 0 Å². The first-order valence-electron chi connectivity index (χ1n) is 7.25. The summed E-state index contributed by atoms with van der Waals surface area (Å²) in [7, 11) is 1.31. The predicted molar refractivity (Wildman–Crippen MR) is 83.0 cm³/mol. The standard InChI is InChI=1S/C17H20O5/c1-10(2)8-11(9-14(18)21-3)17-16(20)15(19)12-6-4-5-7-13(12)22-17/h4-7,10-11,20H,8-9H2,1-3H3. The number of rotatable bonds is 5. The van der Waals surface area contributed by atoms with Crippen molar-refractivity contribution in [1.29, 1.82) is 0 Å². The van der Waals surface area contributed by atoms with Crippen molar-refractivity contribution >= 4 is 16.9 Å². The smallest absolute Gasteiger partial charge is 0.306 e. The van der Waals surface area contributed by atoms with Gasteiger partial charge in [0.1, 0.15) is 5.58 Å². The molecule has 1 aromatic heterocycles. The van der Waals surface area contributed by atoms with Gasteiger partial charge in [-0.3, -0.25) is 9.59 Å². The number of esters is 1. The molecule has 1 atom stereocenters. The normalized spacial score (nSPS) is 12.5. The van der Waals surface area contributed by atoms with E-state index in [1.807, 2.05) is 13.8 Å². The summed E-state index contributed by atoms with van der Waals surface area (Å²) in [5, 5.41) is 10.5. The van der Waals surface area contributed by atoms with E-state index in [-0.39, 0.29) is 18.1 Å². The first kappa shape index (κ1) is 16.1. The van der Waals surface area contributed by atoms with Crippen LogP contribution in [-0.2, 0) is 9.53 Å². The summed E-state index contributed by atoms with van der Waals surface area (Å²) in [4.78, 5) is 23.9. The van der Waals surface area contributed by atoms with Gasteiger partial charge in [0.2, 0.25) is 11.2 Å². The molecule has 2 rings (SSSR count). The fourth-order valence-electron chi connectivity index (χ4n) is 2.56. The van der Waals surface area contributed by atoms with E-state index in [1.165, 1.54) is 7.11 Å². The molecule has 0 amide bonds. The van der Waals surface area contributed by atoms with E-state index in [9.17, 15) is 14.7 Å². The highest BCUT2D eigenvalue weighted by Crippen LogP contribution is 2.33. The van der Waals surface area contributed by atoms with E-state index in [1.54, 1.807) is 24.3 Å². The molecule has 0 aliphatic carbocycles. The summed E-state index contributed by atoms with van der Waals surface area (Å²) < 4.78 is 10.4. The van der Waals surface area contributed by atoms with Crippen LogP contribution in [0.25, 0.3) is 11.0 Å². The molecular weight excluding hydrogens is 284 g/mol. The van der Waals surface area contributed by atoms with Crippen LogP contribution in [0.15, 0.2) is 33.5 Å². The Hall–Kier alpha value is -2.30. The van der Waals surface area contributed by atoms with Crippen LogP contribution in [0.5, 0.6) is 5.75 Å². The highest BCUT2D eigenvalue weighted by Gasteiger charge is 2.26. The Labute approximate surface area is 128 Å². The number of para-hydroxylation sites is 1. The Balaban J connectivity index is 2.55. The minimum Gasteiger partial charge on any atom is -0.502 e. The van der Waals surface area contributed by atoms with E-state index in [0.717, 1.165) is 0 Å². The number of ether oxygens (including phenoxy) is 1. The van der Waals surface area contributed by atoms with E-state index in [0.29, 0.717) is 17.4 Å². The molecule has 0 aliphatic rings. The fourth-order valence-corrected chi connectivity index (χ4v) is 2.56. The van der Waals surface area contributed by atoms with Gasteiger partial charge in [-0.1, -0.05) is 26.0 Å². The van der Waals surface area contributed by atoms with Gasteiger partial charge in [0.05, 0.1) is 18.9 Å². The number of fused-ring (bicyclic) bond motifs is 1. The van der Waals surface area contributed by atoms with Crippen LogP contribution in [0.4, 0.5) is 0 Å². The second-order valence-electron chi connectivity index (χ2n) is 5.75. The maximum atomic E-state index is 12.3.